The van der Waals surface area contributed by atoms with E-state index in [9.17, 15) is 13.0 Å². The zero-order valence-electron chi connectivity index (χ0n) is 19.4. The van der Waals surface area contributed by atoms with Crippen LogP contribution in [0.15, 0.2) is 71.6 Å². The van der Waals surface area contributed by atoms with Gasteiger partial charge < -0.3 is 14.5 Å². The summed E-state index contributed by atoms with van der Waals surface area (Å²) >= 11 is 0. The van der Waals surface area contributed by atoms with Crippen LogP contribution in [0.2, 0.25) is 0 Å². The van der Waals surface area contributed by atoms with Gasteiger partial charge in [-0.2, -0.15) is 8.42 Å². The van der Waals surface area contributed by atoms with E-state index >= 15 is 0 Å². The van der Waals surface area contributed by atoms with Crippen LogP contribution in [0.25, 0.3) is 0 Å². The molecule has 0 spiro atoms. The van der Waals surface area contributed by atoms with Crippen molar-refractivity contribution in [1.82, 2.24) is 0 Å². The number of ether oxygens (including phenoxy) is 1. The Morgan fingerprint density at radius 1 is 0.750 bits per heavy atom. The van der Waals surface area contributed by atoms with Crippen molar-refractivity contribution < 1.29 is 17.7 Å². The number of rotatable bonds is 7. The Balaban J connectivity index is 0.00000363. The summed E-state index contributed by atoms with van der Waals surface area (Å²) in [5, 5.41) is 0. The van der Waals surface area contributed by atoms with E-state index in [0.717, 1.165) is 28.1 Å². The molecule has 8 heteroatoms. The average Bonchev–Trinajstić information content (AvgIpc) is 2.74. The first-order valence-corrected chi connectivity index (χ1v) is 11.3. The molecule has 3 aromatic rings. The van der Waals surface area contributed by atoms with Gasteiger partial charge in [-0.1, -0.05) is 30.3 Å². The van der Waals surface area contributed by atoms with Gasteiger partial charge in [0.05, 0.1) is 7.11 Å². The summed E-state index contributed by atoms with van der Waals surface area (Å²) in [6.45, 7) is 0. The maximum absolute atomic E-state index is 12.0. The quantitative estimate of drug-likeness (QED) is 0.326. The van der Waals surface area contributed by atoms with Crippen LogP contribution in [0, 0.1) is 0 Å². The first-order chi connectivity index (χ1) is 14.6. The molecule has 0 bridgehead atoms. The van der Waals surface area contributed by atoms with E-state index in [1.54, 1.807) is 6.07 Å². The SMILES string of the molecule is COc1ccc(C(c2ccc(N(C)C)cc2)c2ccc(N(C)C)cc2)cc1S(=O)(=O)O.[Na]. The molecule has 1 N–H and O–H groups in total. The molecule has 0 aromatic heterocycles. The molecule has 0 aliphatic carbocycles. The summed E-state index contributed by atoms with van der Waals surface area (Å²) in [6.07, 6.45) is 0. The van der Waals surface area contributed by atoms with Gasteiger partial charge in [0.2, 0.25) is 0 Å². The van der Waals surface area contributed by atoms with Gasteiger partial charge in [0.25, 0.3) is 10.1 Å². The van der Waals surface area contributed by atoms with E-state index in [4.69, 9.17) is 4.74 Å². The molecule has 0 aliphatic rings. The Morgan fingerprint density at radius 2 is 1.16 bits per heavy atom. The molecule has 0 saturated heterocycles. The Bertz CT molecular complexity index is 1090. The summed E-state index contributed by atoms with van der Waals surface area (Å²) in [7, 11) is 4.86. The second-order valence-corrected chi connectivity index (χ2v) is 9.18. The third-order valence-electron chi connectivity index (χ3n) is 5.28. The van der Waals surface area contributed by atoms with Crippen molar-refractivity contribution in [2.45, 2.75) is 10.8 Å². The Hall–Kier alpha value is -2.03. The Labute approximate surface area is 212 Å². The second-order valence-electron chi connectivity index (χ2n) is 7.79. The fourth-order valence-corrected chi connectivity index (χ4v) is 4.27. The van der Waals surface area contributed by atoms with Crippen molar-refractivity contribution in [1.29, 1.82) is 0 Å². The van der Waals surface area contributed by atoms with Crippen molar-refractivity contribution in [3.63, 3.8) is 0 Å². The van der Waals surface area contributed by atoms with Gasteiger partial charge in [0.1, 0.15) is 10.6 Å². The number of hydrogen-bond donors (Lipinski definition) is 1. The minimum atomic E-state index is -4.44. The third kappa shape index (κ3) is 5.85. The molecule has 1 radical (unpaired) electrons. The molecule has 3 aromatic carbocycles. The van der Waals surface area contributed by atoms with Crippen LogP contribution in [-0.2, 0) is 10.1 Å². The fourth-order valence-electron chi connectivity index (χ4n) is 3.58. The van der Waals surface area contributed by atoms with Crippen LogP contribution in [0.5, 0.6) is 5.75 Å². The summed E-state index contributed by atoms with van der Waals surface area (Å²) < 4.78 is 38.8. The smallest absolute Gasteiger partial charge is 0.298 e. The van der Waals surface area contributed by atoms with Crippen molar-refractivity contribution in [3.8, 4) is 5.75 Å². The molecule has 0 unspecified atom stereocenters. The van der Waals surface area contributed by atoms with Gasteiger partial charge in [-0.15, -0.1) is 0 Å². The number of methoxy groups -OCH3 is 1. The van der Waals surface area contributed by atoms with Gasteiger partial charge in [-0.25, -0.2) is 0 Å². The van der Waals surface area contributed by atoms with E-state index < -0.39 is 10.1 Å². The predicted molar refractivity (Wildman–Crippen MR) is 131 cm³/mol. The van der Waals surface area contributed by atoms with E-state index in [0.29, 0.717) is 0 Å². The number of nitrogens with zero attached hydrogens (tertiary/aromatic N) is 2. The number of benzene rings is 3. The summed E-state index contributed by atoms with van der Waals surface area (Å²) in [5.74, 6) is -0.116. The fraction of sp³-hybridized carbons (Fsp3) is 0.250. The van der Waals surface area contributed by atoms with Crippen LogP contribution in [0.1, 0.15) is 22.6 Å². The maximum Gasteiger partial charge on any atom is 0.298 e. The van der Waals surface area contributed by atoms with E-state index in [1.165, 1.54) is 13.2 Å². The van der Waals surface area contributed by atoms with Crippen molar-refractivity contribution in [3.05, 3.63) is 83.4 Å². The van der Waals surface area contributed by atoms with E-state index in [2.05, 4.69) is 0 Å². The third-order valence-corrected chi connectivity index (χ3v) is 6.16. The standard InChI is InChI=1S/C24H28N2O4S.Na/c1-25(2)20-11-6-17(7-12-20)24(18-8-13-21(14-9-18)26(3)4)19-10-15-22(30-5)23(16-19)31(27,28)29;/h6-16,24H,1-5H3,(H,27,28,29);. The molecule has 0 amide bonds. The first kappa shape index (κ1) is 26.2. The van der Waals surface area contributed by atoms with Gasteiger partial charge in [-0.05, 0) is 53.1 Å². The molecule has 165 valence electrons. The van der Waals surface area contributed by atoms with Crippen LogP contribution >= 0.6 is 0 Å². The topological polar surface area (TPSA) is 70.1 Å². The van der Waals surface area contributed by atoms with Crippen LogP contribution in [-0.4, -0.2) is 77.8 Å². The zero-order valence-corrected chi connectivity index (χ0v) is 22.2. The molecular formula is C24H28N2NaO4S. The molecule has 0 heterocycles. The predicted octanol–water partition coefficient (Wildman–Crippen LogP) is 3.87. The molecule has 32 heavy (non-hydrogen) atoms. The molecule has 6 nitrogen and oxygen atoms in total. The zero-order chi connectivity index (χ0) is 22.8. The van der Waals surface area contributed by atoms with Crippen molar-refractivity contribution in [2.75, 3.05) is 45.1 Å². The molecule has 0 atom stereocenters. The van der Waals surface area contributed by atoms with E-state index in [-0.39, 0.29) is 46.1 Å². The monoisotopic (exact) mass is 463 g/mol. The summed E-state index contributed by atoms with van der Waals surface area (Å²) in [5.41, 5.74) is 4.89. The molecule has 0 aliphatic heterocycles. The number of anilines is 2. The van der Waals surface area contributed by atoms with Crippen LogP contribution in [0.4, 0.5) is 11.4 Å². The average molecular weight is 464 g/mol. The molecular weight excluding hydrogens is 435 g/mol. The number of hydrogen-bond acceptors (Lipinski definition) is 5. The van der Waals surface area contributed by atoms with Crippen molar-refractivity contribution in [2.24, 2.45) is 0 Å². The van der Waals surface area contributed by atoms with Gasteiger partial charge >= 0.3 is 0 Å². The van der Waals surface area contributed by atoms with Gasteiger partial charge in [-0.3, -0.25) is 4.55 Å². The van der Waals surface area contributed by atoms with Crippen LogP contribution in [0.3, 0.4) is 0 Å². The second kappa shape index (κ2) is 10.7. The molecule has 0 fully saturated rings. The Kier molecular flexibility index (Phi) is 8.79. The summed E-state index contributed by atoms with van der Waals surface area (Å²) in [6, 6.07) is 21.2. The maximum atomic E-state index is 12.0. The van der Waals surface area contributed by atoms with E-state index in [1.807, 2.05) is 92.6 Å². The van der Waals surface area contributed by atoms with Crippen molar-refractivity contribution >= 4 is 51.1 Å². The molecule has 0 saturated carbocycles. The largest absolute Gasteiger partial charge is 0.495 e. The first-order valence-electron chi connectivity index (χ1n) is 9.82. The normalized spacial score (nSPS) is 11.1. The molecule has 3 rings (SSSR count). The Morgan fingerprint density at radius 3 is 1.50 bits per heavy atom. The van der Waals surface area contributed by atoms with Gasteiger partial charge in [0, 0.05) is 75.0 Å². The summed E-state index contributed by atoms with van der Waals surface area (Å²) in [4.78, 5) is 3.80. The minimum absolute atomic E-state index is 0. The van der Waals surface area contributed by atoms with Gasteiger partial charge in [0.15, 0.2) is 0 Å². The minimum Gasteiger partial charge on any atom is -0.495 e. The van der Waals surface area contributed by atoms with Crippen LogP contribution < -0.4 is 14.5 Å².